The Morgan fingerprint density at radius 3 is 2.14 bits per heavy atom. The third-order valence-electron chi connectivity index (χ3n) is 1.57. The van der Waals surface area contributed by atoms with Crippen molar-refractivity contribution in [1.82, 2.24) is 10.2 Å². The van der Waals surface area contributed by atoms with Crippen LogP contribution >= 0.6 is 0 Å². The Morgan fingerprint density at radius 2 is 1.86 bits per heavy atom. The molecule has 0 fully saturated rings. The Kier molecular flexibility index (Phi) is 10.8. The van der Waals surface area contributed by atoms with E-state index in [9.17, 15) is 31.1 Å². The highest BCUT2D eigenvalue weighted by Gasteiger charge is 2.36. The van der Waals surface area contributed by atoms with Gasteiger partial charge in [-0.05, 0) is 20.0 Å². The van der Waals surface area contributed by atoms with E-state index in [1.807, 2.05) is 0 Å². The lowest BCUT2D eigenvalue weighted by Crippen LogP contribution is -2.19. The van der Waals surface area contributed by atoms with Crippen molar-refractivity contribution in [2.75, 3.05) is 13.7 Å². The lowest BCUT2D eigenvalue weighted by molar-refractivity contribution is -0.165. The molecule has 0 amide bonds. The molecular formula is C11H15F6N3O2. The maximum atomic E-state index is 11.5. The molecule has 0 aliphatic rings. The first kappa shape index (κ1) is 22.2. The number of aromatic amines is 1. The van der Waals surface area contributed by atoms with Gasteiger partial charge >= 0.3 is 12.4 Å². The molecule has 1 heterocycles. The molecule has 0 aliphatic heterocycles. The van der Waals surface area contributed by atoms with Crippen molar-refractivity contribution in [1.29, 1.82) is 0 Å². The van der Waals surface area contributed by atoms with Crippen LogP contribution < -0.4 is 5.73 Å². The minimum atomic E-state index is -4.80. The van der Waals surface area contributed by atoms with Crippen LogP contribution in [0.2, 0.25) is 0 Å². The fourth-order valence-electron chi connectivity index (χ4n) is 0.714. The number of hydrogen-bond donors (Lipinski definition) is 2. The molecule has 0 saturated heterocycles. The van der Waals surface area contributed by atoms with Gasteiger partial charge in [0.1, 0.15) is 5.69 Å². The number of carbonyl (C=O) groups excluding carboxylic acids is 1. The molecule has 0 saturated carbocycles. The summed E-state index contributed by atoms with van der Waals surface area (Å²) in [4.78, 5) is 10.0. The highest BCUT2D eigenvalue weighted by atomic mass is 19.4. The van der Waals surface area contributed by atoms with Crippen LogP contribution in [0.1, 0.15) is 12.6 Å². The summed E-state index contributed by atoms with van der Waals surface area (Å²) in [6.45, 7) is 1.84. The van der Waals surface area contributed by atoms with E-state index in [2.05, 4.69) is 15.6 Å². The second-order valence-corrected chi connectivity index (χ2v) is 3.09. The molecule has 0 atom stereocenters. The Labute approximate surface area is 122 Å². The Morgan fingerprint density at radius 1 is 1.32 bits per heavy atom. The first-order chi connectivity index (χ1) is 10.1. The lowest BCUT2D eigenvalue weighted by Gasteiger charge is -1.99. The van der Waals surface area contributed by atoms with Crippen molar-refractivity contribution < 1.29 is 35.9 Å². The van der Waals surface area contributed by atoms with E-state index in [0.29, 0.717) is 6.08 Å². The number of hydrogen-bond acceptors (Lipinski definition) is 4. The van der Waals surface area contributed by atoms with Crippen LogP contribution in [-0.4, -0.2) is 35.8 Å². The number of ether oxygens (including phenoxy) is 1. The summed E-state index contributed by atoms with van der Waals surface area (Å²) in [5.41, 5.74) is 3.68. The molecule has 0 radical (unpaired) electrons. The van der Waals surface area contributed by atoms with Crippen LogP contribution in [0, 0.1) is 0 Å². The number of rotatable bonds is 3. The quantitative estimate of drug-likeness (QED) is 0.505. The van der Waals surface area contributed by atoms with Gasteiger partial charge in [0, 0.05) is 12.3 Å². The number of nitrogens with one attached hydrogen (secondary N) is 1. The summed E-state index contributed by atoms with van der Waals surface area (Å²) in [5, 5.41) is 4.95. The van der Waals surface area contributed by atoms with Gasteiger partial charge in [0.2, 0.25) is 0 Å². The van der Waals surface area contributed by atoms with E-state index < -0.39 is 23.8 Å². The van der Waals surface area contributed by atoms with E-state index in [1.165, 1.54) is 7.05 Å². The van der Waals surface area contributed by atoms with Crippen LogP contribution in [-0.2, 0) is 15.7 Å². The topological polar surface area (TPSA) is 81.0 Å². The van der Waals surface area contributed by atoms with Crippen molar-refractivity contribution in [3.63, 3.8) is 0 Å². The zero-order valence-electron chi connectivity index (χ0n) is 11.6. The van der Waals surface area contributed by atoms with Crippen LogP contribution in [0.15, 0.2) is 24.6 Å². The zero-order valence-corrected chi connectivity index (χ0v) is 11.6. The van der Waals surface area contributed by atoms with E-state index in [4.69, 9.17) is 0 Å². The molecule has 22 heavy (non-hydrogen) atoms. The van der Waals surface area contributed by atoms with Gasteiger partial charge in [-0.2, -0.15) is 31.4 Å². The highest BCUT2D eigenvalue weighted by molar-refractivity contribution is 5.94. The third kappa shape index (κ3) is 10.7. The number of allylic oxidation sites excluding steroid dienone is 1. The van der Waals surface area contributed by atoms with E-state index in [0.717, 1.165) is 18.5 Å². The maximum Gasteiger partial charge on any atom is 0.454 e. The largest absolute Gasteiger partial charge is 0.501 e. The number of nitrogens with two attached hydrogens (primary N) is 1. The maximum absolute atomic E-state index is 11.5. The standard InChI is InChI=1S/C6H7F3O2.C4H3F3N2.CH5N/c1-2-11-4-3-5(10)6(7,8)9;5-4(6,7)3-1-2-8-9-3;1-2/h3-4H,2H2,1H3;1-2H,(H,8,9);2H2,1H3/b4-3+;;. The average Bonchev–Trinajstić information content (AvgIpc) is 2.95. The van der Waals surface area contributed by atoms with Crippen molar-refractivity contribution >= 4 is 5.78 Å². The summed E-state index contributed by atoms with van der Waals surface area (Å²) in [6.07, 6.45) is -6.95. The molecule has 1 aromatic heterocycles. The normalized spacial score (nSPS) is 11.1. The third-order valence-corrected chi connectivity index (χ3v) is 1.57. The molecule has 0 bridgehead atoms. The molecule has 0 aromatic carbocycles. The number of carbonyl (C=O) groups is 1. The molecule has 5 nitrogen and oxygen atoms in total. The predicted octanol–water partition coefficient (Wildman–Crippen LogP) is 2.67. The fraction of sp³-hybridized carbons (Fsp3) is 0.455. The summed E-state index contributed by atoms with van der Waals surface area (Å²) < 4.78 is 73.3. The Bertz CT molecular complexity index is 426. The molecule has 3 N–H and O–H groups in total. The monoisotopic (exact) mass is 335 g/mol. The Hall–Kier alpha value is -2.04. The predicted molar refractivity (Wildman–Crippen MR) is 65.5 cm³/mol. The Balaban J connectivity index is 0. The molecule has 0 spiro atoms. The minimum absolute atomic E-state index is 0.238. The number of aromatic nitrogens is 2. The van der Waals surface area contributed by atoms with Crippen LogP contribution in [0.5, 0.6) is 0 Å². The van der Waals surface area contributed by atoms with Crippen molar-refractivity contribution in [3.05, 3.63) is 30.3 Å². The van der Waals surface area contributed by atoms with E-state index in [1.54, 1.807) is 12.0 Å². The van der Waals surface area contributed by atoms with Crippen LogP contribution in [0.25, 0.3) is 0 Å². The number of ketones is 1. The van der Waals surface area contributed by atoms with Gasteiger partial charge < -0.3 is 10.5 Å². The molecular weight excluding hydrogens is 320 g/mol. The van der Waals surface area contributed by atoms with Gasteiger partial charge in [0.25, 0.3) is 5.78 Å². The molecule has 128 valence electrons. The summed E-state index contributed by atoms with van der Waals surface area (Å²) in [5.74, 6) is -1.91. The number of nitrogens with zero attached hydrogens (tertiary/aromatic N) is 1. The van der Waals surface area contributed by atoms with E-state index in [-0.39, 0.29) is 6.61 Å². The summed E-state index contributed by atoms with van der Waals surface area (Å²) in [6, 6.07) is 0.875. The van der Waals surface area contributed by atoms with Gasteiger partial charge in [-0.25, -0.2) is 0 Å². The minimum Gasteiger partial charge on any atom is -0.501 e. The summed E-state index contributed by atoms with van der Waals surface area (Å²) >= 11 is 0. The van der Waals surface area contributed by atoms with Gasteiger partial charge in [-0.15, -0.1) is 0 Å². The number of alkyl halides is 6. The summed E-state index contributed by atoms with van der Waals surface area (Å²) in [7, 11) is 1.50. The fourth-order valence-corrected chi connectivity index (χ4v) is 0.714. The lowest BCUT2D eigenvalue weighted by atomic mass is 10.4. The molecule has 11 heteroatoms. The molecule has 0 aliphatic carbocycles. The second-order valence-electron chi connectivity index (χ2n) is 3.09. The van der Waals surface area contributed by atoms with Gasteiger partial charge in [-0.1, -0.05) is 0 Å². The highest BCUT2D eigenvalue weighted by Crippen LogP contribution is 2.26. The average molecular weight is 335 g/mol. The first-order valence-electron chi connectivity index (χ1n) is 5.62. The zero-order chi connectivity index (χ0) is 17.8. The van der Waals surface area contributed by atoms with Crippen LogP contribution in [0.4, 0.5) is 26.3 Å². The SMILES string of the molecule is CCO/C=C/C(=O)C(F)(F)F.CN.FC(F)(F)c1ccn[nH]1. The number of H-pyrrole nitrogens is 1. The van der Waals surface area contributed by atoms with Crippen molar-refractivity contribution in [2.24, 2.45) is 5.73 Å². The van der Waals surface area contributed by atoms with E-state index >= 15 is 0 Å². The van der Waals surface area contributed by atoms with Crippen molar-refractivity contribution in [2.45, 2.75) is 19.3 Å². The molecule has 1 aromatic rings. The second kappa shape index (κ2) is 10.7. The number of halogens is 6. The van der Waals surface area contributed by atoms with Gasteiger partial charge in [0.15, 0.2) is 0 Å². The molecule has 1 rings (SSSR count). The smallest absolute Gasteiger partial charge is 0.454 e. The van der Waals surface area contributed by atoms with Gasteiger partial charge in [0.05, 0.1) is 12.9 Å². The van der Waals surface area contributed by atoms with Gasteiger partial charge in [-0.3, -0.25) is 9.89 Å². The van der Waals surface area contributed by atoms with Crippen molar-refractivity contribution in [3.8, 4) is 0 Å². The first-order valence-corrected chi connectivity index (χ1v) is 5.62. The van der Waals surface area contributed by atoms with Crippen LogP contribution in [0.3, 0.4) is 0 Å². The molecule has 0 unspecified atom stereocenters.